The van der Waals surface area contributed by atoms with Crippen molar-refractivity contribution < 1.29 is 9.53 Å². The minimum Gasteiger partial charge on any atom is -0.465 e. The Balaban J connectivity index is 1.84. The van der Waals surface area contributed by atoms with Gasteiger partial charge in [-0.05, 0) is 28.7 Å². The quantitative estimate of drug-likeness (QED) is 0.431. The molecular weight excluding hydrogens is 340 g/mol. The molecule has 0 radical (unpaired) electrons. The summed E-state index contributed by atoms with van der Waals surface area (Å²) in [6.45, 7) is 0.463. The second-order valence-corrected chi connectivity index (χ2v) is 6.00. The lowest BCUT2D eigenvalue weighted by Crippen LogP contribution is -2.11. The zero-order valence-electron chi connectivity index (χ0n) is 12.2. The van der Waals surface area contributed by atoms with Crippen LogP contribution in [0.1, 0.15) is 17.5 Å². The lowest BCUT2D eigenvalue weighted by atomic mass is 10.1. The summed E-state index contributed by atoms with van der Waals surface area (Å²) in [5.41, 5.74) is 4.39. The van der Waals surface area contributed by atoms with E-state index in [-0.39, 0.29) is 11.9 Å². The fourth-order valence-corrected chi connectivity index (χ4v) is 2.88. The highest BCUT2D eigenvalue weighted by Crippen LogP contribution is 2.53. The molecule has 0 aliphatic heterocycles. The molecule has 2 aromatic carbocycles. The van der Waals surface area contributed by atoms with Crippen LogP contribution in [-0.4, -0.2) is 17.9 Å². The molecule has 3 heteroatoms. The van der Waals surface area contributed by atoms with E-state index in [1.54, 1.807) is 0 Å². The van der Waals surface area contributed by atoms with Gasteiger partial charge in [-0.1, -0.05) is 76.6 Å². The zero-order chi connectivity index (χ0) is 15.4. The normalized spacial score (nSPS) is 14.0. The van der Waals surface area contributed by atoms with Crippen molar-refractivity contribution in [2.24, 2.45) is 5.92 Å². The van der Waals surface area contributed by atoms with Crippen LogP contribution in [0.15, 0.2) is 60.7 Å². The van der Waals surface area contributed by atoms with Gasteiger partial charge >= 0.3 is 5.97 Å². The molecule has 0 fully saturated rings. The molecule has 0 heterocycles. The van der Waals surface area contributed by atoms with Gasteiger partial charge in [0.25, 0.3) is 0 Å². The maximum Gasteiger partial charge on any atom is 0.317 e. The fourth-order valence-electron chi connectivity index (χ4n) is 2.65. The van der Waals surface area contributed by atoms with Gasteiger partial charge in [-0.3, -0.25) is 4.79 Å². The van der Waals surface area contributed by atoms with E-state index in [4.69, 9.17) is 4.74 Å². The Hall–Kier alpha value is -1.87. The first kappa shape index (κ1) is 15.0. The fraction of sp³-hybridized carbons (Fsp3) is 0.211. The van der Waals surface area contributed by atoms with E-state index < -0.39 is 0 Å². The number of alkyl halides is 1. The number of halogens is 1. The highest BCUT2D eigenvalue weighted by Gasteiger charge is 2.44. The van der Waals surface area contributed by atoms with Gasteiger partial charge in [0.15, 0.2) is 0 Å². The molecule has 1 aliphatic rings. The third kappa shape index (κ3) is 3.14. The molecule has 0 bridgehead atoms. The van der Waals surface area contributed by atoms with E-state index in [0.29, 0.717) is 6.61 Å². The van der Waals surface area contributed by atoms with Gasteiger partial charge in [-0.15, -0.1) is 0 Å². The molecule has 0 aromatic heterocycles. The average Bonchev–Trinajstić information content (AvgIpc) is 3.32. The highest BCUT2D eigenvalue weighted by molar-refractivity contribution is 9.09. The Morgan fingerprint density at radius 1 is 0.909 bits per heavy atom. The molecule has 1 aliphatic carbocycles. The summed E-state index contributed by atoms with van der Waals surface area (Å²) in [6.07, 6.45) is 0.833. The van der Waals surface area contributed by atoms with Crippen LogP contribution in [0, 0.1) is 5.92 Å². The number of carbonyl (C=O) groups is 1. The molecular formula is C19H17BrO2. The molecule has 0 saturated heterocycles. The summed E-state index contributed by atoms with van der Waals surface area (Å²) in [7, 11) is 0. The molecule has 22 heavy (non-hydrogen) atoms. The van der Waals surface area contributed by atoms with Gasteiger partial charge in [0.05, 0.1) is 6.61 Å². The first-order valence-corrected chi connectivity index (χ1v) is 8.52. The van der Waals surface area contributed by atoms with Crippen LogP contribution in [0.4, 0.5) is 0 Å². The van der Waals surface area contributed by atoms with E-state index in [1.165, 1.54) is 0 Å². The number of ether oxygens (including phenoxy) is 1. The zero-order valence-corrected chi connectivity index (χ0v) is 13.8. The van der Waals surface area contributed by atoms with E-state index in [1.807, 2.05) is 60.7 Å². The van der Waals surface area contributed by atoms with E-state index in [2.05, 4.69) is 15.9 Å². The SMILES string of the molecule is O=C(OCCCBr)C1C(c2ccccc2)=C1c1ccccc1. The number of hydrogen-bond acceptors (Lipinski definition) is 2. The van der Waals surface area contributed by atoms with E-state index in [0.717, 1.165) is 34.0 Å². The second-order valence-electron chi connectivity index (χ2n) is 5.20. The smallest absolute Gasteiger partial charge is 0.317 e. The van der Waals surface area contributed by atoms with Crippen molar-refractivity contribution in [3.63, 3.8) is 0 Å². The maximum absolute atomic E-state index is 12.4. The lowest BCUT2D eigenvalue weighted by molar-refractivity contribution is -0.143. The molecule has 0 N–H and O–H groups in total. The van der Waals surface area contributed by atoms with Crippen molar-refractivity contribution in [2.45, 2.75) is 6.42 Å². The summed E-state index contributed by atoms with van der Waals surface area (Å²) in [4.78, 5) is 12.4. The molecule has 0 unspecified atom stereocenters. The molecule has 3 rings (SSSR count). The van der Waals surface area contributed by atoms with Crippen LogP contribution in [0.2, 0.25) is 0 Å². The maximum atomic E-state index is 12.4. The van der Waals surface area contributed by atoms with Crippen LogP contribution in [-0.2, 0) is 9.53 Å². The van der Waals surface area contributed by atoms with Crippen molar-refractivity contribution in [1.29, 1.82) is 0 Å². The number of carbonyl (C=O) groups excluding carboxylic acids is 1. The van der Waals surface area contributed by atoms with Gasteiger partial charge in [0, 0.05) is 5.33 Å². The highest BCUT2D eigenvalue weighted by atomic mass is 79.9. The van der Waals surface area contributed by atoms with Gasteiger partial charge in [0.1, 0.15) is 5.92 Å². The van der Waals surface area contributed by atoms with Gasteiger partial charge in [-0.25, -0.2) is 0 Å². The molecule has 0 atom stereocenters. The minimum atomic E-state index is -0.222. The Kier molecular flexibility index (Phi) is 4.74. The summed E-state index contributed by atoms with van der Waals surface area (Å²) in [5.74, 6) is -0.362. The largest absolute Gasteiger partial charge is 0.465 e. The monoisotopic (exact) mass is 356 g/mol. The molecule has 0 spiro atoms. The van der Waals surface area contributed by atoms with Gasteiger partial charge < -0.3 is 4.74 Å². The van der Waals surface area contributed by atoms with Crippen molar-refractivity contribution in [2.75, 3.05) is 11.9 Å². The third-order valence-corrected chi connectivity index (χ3v) is 4.27. The molecule has 0 amide bonds. The number of rotatable bonds is 6. The summed E-state index contributed by atoms with van der Waals surface area (Å²) < 4.78 is 5.40. The predicted octanol–water partition coefficient (Wildman–Crippen LogP) is 4.56. The summed E-state index contributed by atoms with van der Waals surface area (Å²) in [5, 5.41) is 0.843. The minimum absolute atomic E-state index is 0.140. The van der Waals surface area contributed by atoms with Crippen LogP contribution in [0.3, 0.4) is 0 Å². The Bertz CT molecular complexity index is 628. The van der Waals surface area contributed by atoms with Gasteiger partial charge in [-0.2, -0.15) is 0 Å². The average molecular weight is 357 g/mol. The topological polar surface area (TPSA) is 26.3 Å². The first-order chi connectivity index (χ1) is 10.8. The van der Waals surface area contributed by atoms with Crippen LogP contribution >= 0.6 is 15.9 Å². The Labute approximate surface area is 138 Å². The molecule has 0 saturated carbocycles. The van der Waals surface area contributed by atoms with Crippen LogP contribution < -0.4 is 0 Å². The van der Waals surface area contributed by atoms with Crippen molar-refractivity contribution in [3.8, 4) is 0 Å². The molecule has 112 valence electrons. The first-order valence-electron chi connectivity index (χ1n) is 7.40. The number of benzene rings is 2. The summed E-state index contributed by atoms with van der Waals surface area (Å²) in [6, 6.07) is 20.1. The van der Waals surface area contributed by atoms with Crippen molar-refractivity contribution >= 4 is 33.0 Å². The summed E-state index contributed by atoms with van der Waals surface area (Å²) >= 11 is 3.35. The van der Waals surface area contributed by atoms with Crippen molar-refractivity contribution in [3.05, 3.63) is 71.8 Å². The second kappa shape index (κ2) is 6.93. The number of esters is 1. The predicted molar refractivity (Wildman–Crippen MR) is 92.6 cm³/mol. The standard InChI is InChI=1S/C19H17BrO2/c20-12-7-13-22-19(21)18-16(14-8-3-1-4-9-14)17(18)15-10-5-2-6-11-15/h1-6,8-11,18H,7,12-13H2. The molecule has 2 aromatic rings. The van der Waals surface area contributed by atoms with Gasteiger partial charge in [0.2, 0.25) is 0 Å². The molecule has 2 nitrogen and oxygen atoms in total. The van der Waals surface area contributed by atoms with Crippen LogP contribution in [0.5, 0.6) is 0 Å². The van der Waals surface area contributed by atoms with Crippen LogP contribution in [0.25, 0.3) is 11.1 Å². The van der Waals surface area contributed by atoms with E-state index in [9.17, 15) is 4.79 Å². The Morgan fingerprint density at radius 3 is 1.86 bits per heavy atom. The van der Waals surface area contributed by atoms with E-state index >= 15 is 0 Å². The lowest BCUT2D eigenvalue weighted by Gasteiger charge is -2.04. The Morgan fingerprint density at radius 2 is 1.41 bits per heavy atom. The third-order valence-electron chi connectivity index (χ3n) is 3.71. The number of hydrogen-bond donors (Lipinski definition) is 0. The van der Waals surface area contributed by atoms with Crippen molar-refractivity contribution in [1.82, 2.24) is 0 Å².